The summed E-state index contributed by atoms with van der Waals surface area (Å²) in [5, 5.41) is 21.5. The number of rotatable bonds is 4. The fourth-order valence-electron chi connectivity index (χ4n) is 1.85. The van der Waals surface area contributed by atoms with E-state index in [1.165, 1.54) is 18.3 Å². The molecule has 0 N–H and O–H groups in total. The SMILES string of the molecule is CC.CC.O=[N+]([O-])c1c(OS(=O)(=O)CF)c2cccnc2n2nnnc12. The predicted molar refractivity (Wildman–Crippen MR) is 91.0 cm³/mol. The van der Waals surface area contributed by atoms with Gasteiger partial charge < -0.3 is 4.18 Å². The summed E-state index contributed by atoms with van der Waals surface area (Å²) in [5.41, 5.74) is -1.15. The molecule has 3 aromatic heterocycles. The number of alkyl halides is 1. The molecule has 13 heteroatoms. The van der Waals surface area contributed by atoms with Gasteiger partial charge in [-0.1, -0.05) is 27.7 Å². The second-order valence-corrected chi connectivity index (χ2v) is 5.47. The first-order chi connectivity index (χ1) is 12.4. The Balaban J connectivity index is 0.000000791. The van der Waals surface area contributed by atoms with Gasteiger partial charge >= 0.3 is 15.8 Å². The highest BCUT2D eigenvalue weighted by Gasteiger charge is 2.31. The zero-order valence-electron chi connectivity index (χ0n) is 14.4. The molecule has 0 aliphatic carbocycles. The number of hydrogen-bond donors (Lipinski definition) is 0. The lowest BCUT2D eigenvalue weighted by Gasteiger charge is -2.08. The smallest absolute Gasteiger partial charge is 0.359 e. The predicted octanol–water partition coefficient (Wildman–Crippen LogP) is 2.27. The van der Waals surface area contributed by atoms with Crippen molar-refractivity contribution < 1.29 is 21.9 Å². The Kier molecular flexibility index (Phi) is 7.25. The molecule has 0 unspecified atom stereocenters. The summed E-state index contributed by atoms with van der Waals surface area (Å²) in [6.45, 7) is 8.00. The number of aromatic nitrogens is 5. The molecule has 0 spiro atoms. The van der Waals surface area contributed by atoms with Gasteiger partial charge in [-0.2, -0.15) is 12.9 Å². The van der Waals surface area contributed by atoms with Crippen LogP contribution in [0.4, 0.5) is 10.1 Å². The first-order valence-electron chi connectivity index (χ1n) is 7.56. The van der Waals surface area contributed by atoms with E-state index in [0.717, 1.165) is 4.52 Å². The Labute approximate surface area is 148 Å². The number of nitro groups is 1. The summed E-state index contributed by atoms with van der Waals surface area (Å²) < 4.78 is 40.7. The van der Waals surface area contributed by atoms with Crippen LogP contribution in [0, 0.1) is 10.1 Å². The number of fused-ring (bicyclic) bond motifs is 3. The van der Waals surface area contributed by atoms with Crippen molar-refractivity contribution in [1.82, 2.24) is 25.0 Å². The van der Waals surface area contributed by atoms with Crippen LogP contribution in [0.2, 0.25) is 0 Å². The van der Waals surface area contributed by atoms with Crippen LogP contribution in [0.3, 0.4) is 0 Å². The van der Waals surface area contributed by atoms with E-state index in [2.05, 4.69) is 24.7 Å². The van der Waals surface area contributed by atoms with Gasteiger partial charge in [0, 0.05) is 6.20 Å². The van der Waals surface area contributed by atoms with Crippen LogP contribution in [0.25, 0.3) is 16.7 Å². The maximum absolute atomic E-state index is 12.5. The Hall–Kier alpha value is -2.96. The third kappa shape index (κ3) is 3.99. The molecule has 0 radical (unpaired) electrons. The number of tetrazole rings is 1. The van der Waals surface area contributed by atoms with Crippen LogP contribution in [0.1, 0.15) is 27.7 Å². The van der Waals surface area contributed by atoms with Crippen LogP contribution < -0.4 is 4.18 Å². The molecule has 0 bridgehead atoms. The number of halogens is 1. The maximum atomic E-state index is 12.5. The largest absolute Gasteiger partial charge is 0.372 e. The average Bonchev–Trinajstić information content (AvgIpc) is 3.14. The fourth-order valence-corrected chi connectivity index (χ4v) is 2.31. The third-order valence-electron chi connectivity index (χ3n) is 2.65. The molecule has 3 heterocycles. The second kappa shape index (κ2) is 8.94. The molecule has 3 rings (SSSR count). The highest BCUT2D eigenvalue weighted by Crippen LogP contribution is 2.38. The molecule has 0 saturated carbocycles. The molecule has 0 aliphatic rings. The van der Waals surface area contributed by atoms with Crippen molar-refractivity contribution in [1.29, 1.82) is 0 Å². The second-order valence-electron chi connectivity index (χ2n) is 3.97. The molecule has 0 aromatic carbocycles. The van der Waals surface area contributed by atoms with Crippen LogP contribution >= 0.6 is 0 Å². The summed E-state index contributed by atoms with van der Waals surface area (Å²) in [6.07, 6.45) is 1.35. The molecule has 0 fully saturated rings. The van der Waals surface area contributed by atoms with Gasteiger partial charge in [0.05, 0.1) is 10.3 Å². The summed E-state index contributed by atoms with van der Waals surface area (Å²) in [4.78, 5) is 14.3. The molecule has 0 aliphatic heterocycles. The number of nitrogens with zero attached hydrogens (tertiary/aromatic N) is 6. The zero-order chi connectivity index (χ0) is 19.9. The van der Waals surface area contributed by atoms with Gasteiger partial charge in [-0.25, -0.2) is 9.37 Å². The highest BCUT2D eigenvalue weighted by molar-refractivity contribution is 7.86. The van der Waals surface area contributed by atoms with Crippen molar-refractivity contribution in [2.45, 2.75) is 27.7 Å². The zero-order valence-corrected chi connectivity index (χ0v) is 15.3. The number of pyridine rings is 2. The van der Waals surface area contributed by atoms with Crippen molar-refractivity contribution in [3.05, 3.63) is 28.4 Å². The molecular weight excluding hydrogens is 371 g/mol. The van der Waals surface area contributed by atoms with Gasteiger partial charge in [0.15, 0.2) is 5.65 Å². The van der Waals surface area contributed by atoms with E-state index in [1.807, 2.05) is 27.7 Å². The van der Waals surface area contributed by atoms with Crippen molar-refractivity contribution >= 4 is 32.5 Å². The van der Waals surface area contributed by atoms with Gasteiger partial charge in [-0.15, -0.1) is 5.10 Å². The average molecular weight is 388 g/mol. The lowest BCUT2D eigenvalue weighted by atomic mass is 10.2. The molecule has 142 valence electrons. The Morgan fingerprint density at radius 3 is 2.50 bits per heavy atom. The molecule has 0 atom stereocenters. The Morgan fingerprint density at radius 2 is 1.92 bits per heavy atom. The van der Waals surface area contributed by atoms with E-state index < -0.39 is 32.5 Å². The Bertz CT molecular complexity index is 1010. The van der Waals surface area contributed by atoms with Crippen LogP contribution in [-0.4, -0.2) is 44.4 Å². The molecule has 0 saturated heterocycles. The van der Waals surface area contributed by atoms with Crippen LogP contribution in [0.5, 0.6) is 5.75 Å². The van der Waals surface area contributed by atoms with E-state index in [-0.39, 0.29) is 16.7 Å². The summed E-state index contributed by atoms with van der Waals surface area (Å²) in [5.74, 6) is -0.687. The minimum absolute atomic E-state index is 0.0251. The van der Waals surface area contributed by atoms with Gasteiger partial charge in [0.25, 0.3) is 5.65 Å². The number of hydrogen-bond acceptors (Lipinski definition) is 9. The summed E-state index contributed by atoms with van der Waals surface area (Å²) in [6, 6.07) is 0.874. The topological polar surface area (TPSA) is 142 Å². The van der Waals surface area contributed by atoms with E-state index in [4.69, 9.17) is 0 Å². The van der Waals surface area contributed by atoms with Crippen LogP contribution in [0.15, 0.2) is 18.3 Å². The first-order valence-corrected chi connectivity index (χ1v) is 9.13. The summed E-state index contributed by atoms with van der Waals surface area (Å²) in [7, 11) is -4.65. The Morgan fingerprint density at radius 1 is 1.27 bits per heavy atom. The normalized spacial score (nSPS) is 10.5. The van der Waals surface area contributed by atoms with E-state index in [1.54, 1.807) is 0 Å². The van der Waals surface area contributed by atoms with Crippen LogP contribution in [-0.2, 0) is 10.1 Å². The van der Waals surface area contributed by atoms with Crippen molar-refractivity contribution in [3.63, 3.8) is 0 Å². The molecule has 26 heavy (non-hydrogen) atoms. The highest BCUT2D eigenvalue weighted by atomic mass is 32.2. The fraction of sp³-hybridized carbons (Fsp3) is 0.385. The molecule has 11 nitrogen and oxygen atoms in total. The van der Waals surface area contributed by atoms with Gasteiger partial charge in [-0.3, -0.25) is 10.1 Å². The van der Waals surface area contributed by atoms with Crippen molar-refractivity contribution in [2.24, 2.45) is 0 Å². The maximum Gasteiger partial charge on any atom is 0.359 e. The minimum Gasteiger partial charge on any atom is -0.372 e. The molecule has 3 aromatic rings. The van der Waals surface area contributed by atoms with Gasteiger partial charge in [0.2, 0.25) is 11.8 Å². The van der Waals surface area contributed by atoms with E-state index >= 15 is 0 Å². The van der Waals surface area contributed by atoms with Gasteiger partial charge in [0.1, 0.15) is 0 Å². The van der Waals surface area contributed by atoms with Crippen molar-refractivity contribution in [3.8, 4) is 5.75 Å². The standard InChI is InChI=1S/C9H5FN6O5S.2C2H6/c10-4-22(19,20)21-7-5-2-1-3-11-8(5)15-9(12-13-14-15)6(7)16(17)18;2*1-2/h1-3H,4H2;2*1-2H3. The van der Waals surface area contributed by atoms with E-state index in [9.17, 15) is 22.9 Å². The summed E-state index contributed by atoms with van der Waals surface area (Å²) >= 11 is 0. The lowest BCUT2D eigenvalue weighted by Crippen LogP contribution is -2.13. The molecule has 0 amide bonds. The minimum atomic E-state index is -4.65. The van der Waals surface area contributed by atoms with E-state index in [0.29, 0.717) is 0 Å². The lowest BCUT2D eigenvalue weighted by molar-refractivity contribution is -0.384. The molecular formula is C13H17FN6O5S. The monoisotopic (exact) mass is 388 g/mol. The quantitative estimate of drug-likeness (QED) is 0.373. The van der Waals surface area contributed by atoms with Gasteiger partial charge in [-0.05, 0) is 22.6 Å². The first kappa shape index (κ1) is 21.1. The van der Waals surface area contributed by atoms with Crippen molar-refractivity contribution in [2.75, 3.05) is 6.01 Å². The third-order valence-corrected chi connectivity index (χ3v) is 3.34.